The first-order valence-corrected chi connectivity index (χ1v) is 6.28. The van der Waals surface area contributed by atoms with Gasteiger partial charge in [-0.3, -0.25) is 9.59 Å². The molecule has 2 fully saturated rings. The van der Waals surface area contributed by atoms with Gasteiger partial charge in [-0.05, 0) is 31.6 Å². The van der Waals surface area contributed by atoms with Crippen LogP contribution in [0.5, 0.6) is 0 Å². The van der Waals surface area contributed by atoms with Gasteiger partial charge in [-0.1, -0.05) is 13.8 Å². The number of carboxylic acid groups (broad SMARTS) is 1. The van der Waals surface area contributed by atoms with E-state index >= 15 is 0 Å². The first kappa shape index (κ1) is 12.4. The summed E-state index contributed by atoms with van der Waals surface area (Å²) in [5.74, 6) is -0.522. The number of nitrogens with zero attached hydrogens (tertiary/aromatic N) is 1. The lowest BCUT2D eigenvalue weighted by molar-refractivity contribution is -0.153. The average Bonchev–Trinajstić information content (AvgIpc) is 2.86. The summed E-state index contributed by atoms with van der Waals surface area (Å²) in [4.78, 5) is 25.2. The van der Waals surface area contributed by atoms with Crippen LogP contribution in [0.25, 0.3) is 0 Å². The highest BCUT2D eigenvalue weighted by Gasteiger charge is 2.53. The molecule has 1 aliphatic heterocycles. The number of piperidine rings is 1. The van der Waals surface area contributed by atoms with Crippen LogP contribution < -0.4 is 0 Å². The Morgan fingerprint density at radius 2 is 1.88 bits per heavy atom. The molecule has 4 heteroatoms. The van der Waals surface area contributed by atoms with E-state index in [2.05, 4.69) is 13.8 Å². The Hall–Kier alpha value is -1.06. The minimum atomic E-state index is -0.787. The maximum atomic E-state index is 12.2. The molecule has 1 aliphatic carbocycles. The molecule has 17 heavy (non-hydrogen) atoms. The highest BCUT2D eigenvalue weighted by Crippen LogP contribution is 2.52. The van der Waals surface area contributed by atoms with E-state index in [-0.39, 0.29) is 17.2 Å². The van der Waals surface area contributed by atoms with Crippen LogP contribution in [0.1, 0.15) is 40.0 Å². The lowest BCUT2D eigenvalue weighted by Gasteiger charge is -2.37. The molecular weight excluding hydrogens is 218 g/mol. The van der Waals surface area contributed by atoms with Crippen LogP contribution in [0.3, 0.4) is 0 Å². The van der Waals surface area contributed by atoms with Gasteiger partial charge in [0.05, 0.1) is 5.41 Å². The number of amides is 1. The molecule has 1 unspecified atom stereocenters. The van der Waals surface area contributed by atoms with Gasteiger partial charge in [-0.25, -0.2) is 0 Å². The van der Waals surface area contributed by atoms with Gasteiger partial charge in [0.15, 0.2) is 0 Å². The van der Waals surface area contributed by atoms with Crippen LogP contribution >= 0.6 is 0 Å². The van der Waals surface area contributed by atoms with Gasteiger partial charge in [0.25, 0.3) is 0 Å². The molecule has 1 heterocycles. The molecule has 0 radical (unpaired) electrons. The normalized spacial score (nSPS) is 35.5. The first-order chi connectivity index (χ1) is 7.76. The van der Waals surface area contributed by atoms with Crippen LogP contribution in [0.15, 0.2) is 0 Å². The van der Waals surface area contributed by atoms with Crippen LogP contribution in [0.4, 0.5) is 0 Å². The third kappa shape index (κ3) is 2.17. The van der Waals surface area contributed by atoms with Crippen LogP contribution in [-0.4, -0.2) is 35.0 Å². The molecule has 0 aromatic heterocycles. The third-order valence-electron chi connectivity index (χ3n) is 4.34. The van der Waals surface area contributed by atoms with Crippen molar-refractivity contribution in [3.63, 3.8) is 0 Å². The molecule has 96 valence electrons. The molecule has 1 N–H and O–H groups in total. The van der Waals surface area contributed by atoms with Crippen molar-refractivity contribution in [3.05, 3.63) is 0 Å². The van der Waals surface area contributed by atoms with Crippen molar-refractivity contribution in [2.45, 2.75) is 40.0 Å². The summed E-state index contributed by atoms with van der Waals surface area (Å²) in [6, 6.07) is 0. The molecular formula is C13H21NO3. The Labute approximate surface area is 102 Å². The molecule has 1 saturated heterocycles. The molecule has 0 spiro atoms. The van der Waals surface area contributed by atoms with Gasteiger partial charge in [-0.2, -0.15) is 0 Å². The van der Waals surface area contributed by atoms with Crippen molar-refractivity contribution >= 4 is 11.9 Å². The van der Waals surface area contributed by atoms with Gasteiger partial charge < -0.3 is 10.0 Å². The molecule has 0 aromatic rings. The Kier molecular flexibility index (Phi) is 2.71. The fourth-order valence-corrected chi connectivity index (χ4v) is 2.71. The molecule has 2 aliphatic rings. The summed E-state index contributed by atoms with van der Waals surface area (Å²) < 4.78 is 0. The topological polar surface area (TPSA) is 57.6 Å². The zero-order valence-electron chi connectivity index (χ0n) is 10.8. The minimum absolute atomic E-state index is 0.110. The fraction of sp³-hybridized carbons (Fsp3) is 0.846. The fourth-order valence-electron chi connectivity index (χ4n) is 2.71. The molecule has 0 aromatic carbocycles. The smallest absolute Gasteiger partial charge is 0.311 e. The predicted molar refractivity (Wildman–Crippen MR) is 63.4 cm³/mol. The molecule has 2 atom stereocenters. The second kappa shape index (κ2) is 3.72. The number of carbonyl (C=O) groups is 2. The minimum Gasteiger partial charge on any atom is -0.481 e. The highest BCUT2D eigenvalue weighted by molar-refractivity contribution is 5.84. The van der Waals surface area contributed by atoms with Gasteiger partial charge in [-0.15, -0.1) is 0 Å². The summed E-state index contributed by atoms with van der Waals surface area (Å²) in [5, 5.41) is 9.22. The van der Waals surface area contributed by atoms with E-state index in [0.29, 0.717) is 19.5 Å². The predicted octanol–water partition coefficient (Wildman–Crippen LogP) is 1.75. The average molecular weight is 239 g/mol. The molecule has 2 rings (SSSR count). The highest BCUT2D eigenvalue weighted by atomic mass is 16.4. The summed E-state index contributed by atoms with van der Waals surface area (Å²) in [6.07, 6.45) is 2.40. The maximum absolute atomic E-state index is 12.2. The molecule has 4 nitrogen and oxygen atoms in total. The summed E-state index contributed by atoms with van der Waals surface area (Å²) in [7, 11) is 0. The van der Waals surface area contributed by atoms with Gasteiger partial charge >= 0.3 is 5.97 Å². The van der Waals surface area contributed by atoms with E-state index < -0.39 is 11.4 Å². The van der Waals surface area contributed by atoms with E-state index in [0.717, 1.165) is 12.8 Å². The number of carbonyl (C=O) groups excluding carboxylic acids is 1. The van der Waals surface area contributed by atoms with Gasteiger partial charge in [0.2, 0.25) is 5.91 Å². The monoisotopic (exact) mass is 239 g/mol. The Morgan fingerprint density at radius 3 is 2.35 bits per heavy atom. The number of hydrogen-bond acceptors (Lipinski definition) is 2. The number of likely N-dealkylation sites (tertiary alicyclic amines) is 1. The van der Waals surface area contributed by atoms with Crippen molar-refractivity contribution in [2.75, 3.05) is 13.1 Å². The summed E-state index contributed by atoms with van der Waals surface area (Å²) in [5.41, 5.74) is -0.638. The number of aliphatic carboxylic acids is 1. The van der Waals surface area contributed by atoms with Crippen molar-refractivity contribution in [2.24, 2.45) is 16.7 Å². The lowest BCUT2D eigenvalue weighted by Crippen LogP contribution is -2.49. The summed E-state index contributed by atoms with van der Waals surface area (Å²) in [6.45, 7) is 7.01. The van der Waals surface area contributed by atoms with E-state index in [1.54, 1.807) is 11.8 Å². The zero-order chi connectivity index (χ0) is 12.8. The second-order valence-corrected chi connectivity index (χ2v) is 6.47. The molecule has 1 saturated carbocycles. The van der Waals surface area contributed by atoms with Gasteiger partial charge in [0, 0.05) is 19.0 Å². The van der Waals surface area contributed by atoms with Crippen LogP contribution in [0, 0.1) is 16.7 Å². The van der Waals surface area contributed by atoms with Crippen LogP contribution in [-0.2, 0) is 9.59 Å². The van der Waals surface area contributed by atoms with Crippen molar-refractivity contribution in [1.82, 2.24) is 4.90 Å². The van der Waals surface area contributed by atoms with Crippen LogP contribution in [0.2, 0.25) is 0 Å². The molecule has 0 bridgehead atoms. The van der Waals surface area contributed by atoms with E-state index in [1.807, 2.05) is 0 Å². The largest absolute Gasteiger partial charge is 0.481 e. The van der Waals surface area contributed by atoms with E-state index in [1.165, 1.54) is 0 Å². The number of carboxylic acids is 1. The Balaban J connectivity index is 2.03. The number of rotatable bonds is 2. The van der Waals surface area contributed by atoms with E-state index in [4.69, 9.17) is 0 Å². The van der Waals surface area contributed by atoms with Crippen molar-refractivity contribution in [3.8, 4) is 0 Å². The SMILES string of the molecule is CC1(C(=O)O)CCCN(C(=O)[C@H]2CC2(C)C)C1. The van der Waals surface area contributed by atoms with E-state index in [9.17, 15) is 14.7 Å². The standard InChI is InChI=1S/C13H21NO3/c1-12(2)7-9(12)10(15)14-6-4-5-13(3,8-14)11(16)17/h9H,4-8H2,1-3H3,(H,16,17)/t9-,13?/m1/s1. The Morgan fingerprint density at radius 1 is 1.29 bits per heavy atom. The maximum Gasteiger partial charge on any atom is 0.311 e. The Bertz CT molecular complexity index is 364. The first-order valence-electron chi connectivity index (χ1n) is 6.28. The van der Waals surface area contributed by atoms with Gasteiger partial charge in [0.1, 0.15) is 0 Å². The third-order valence-corrected chi connectivity index (χ3v) is 4.34. The van der Waals surface area contributed by atoms with Crippen molar-refractivity contribution < 1.29 is 14.7 Å². The quantitative estimate of drug-likeness (QED) is 0.798. The summed E-state index contributed by atoms with van der Waals surface area (Å²) >= 11 is 0. The molecule has 1 amide bonds. The second-order valence-electron chi connectivity index (χ2n) is 6.47. The zero-order valence-corrected chi connectivity index (χ0v) is 10.8. The number of hydrogen-bond donors (Lipinski definition) is 1. The van der Waals surface area contributed by atoms with Crippen molar-refractivity contribution in [1.29, 1.82) is 0 Å². The lowest BCUT2D eigenvalue weighted by atomic mass is 9.82.